The van der Waals surface area contributed by atoms with E-state index in [9.17, 15) is 4.79 Å². The molecule has 0 saturated carbocycles. The molecule has 13 heavy (non-hydrogen) atoms. The van der Waals surface area contributed by atoms with E-state index in [1.807, 2.05) is 12.1 Å². The number of hydrogen-bond acceptors (Lipinski definition) is 3. The molecular formula is C9H7N3O. The van der Waals surface area contributed by atoms with Crippen LogP contribution in [-0.2, 0) is 4.79 Å². The summed E-state index contributed by atoms with van der Waals surface area (Å²) in [6.07, 6.45) is 5.49. The fourth-order valence-corrected chi connectivity index (χ4v) is 1.13. The maximum atomic E-state index is 10.1. The van der Waals surface area contributed by atoms with E-state index in [1.165, 1.54) is 6.08 Å². The molecule has 0 aliphatic carbocycles. The van der Waals surface area contributed by atoms with Gasteiger partial charge >= 0.3 is 0 Å². The average Bonchev–Trinajstić information content (AvgIpc) is 2.58. The van der Waals surface area contributed by atoms with E-state index in [2.05, 4.69) is 15.2 Å². The molecule has 0 saturated heterocycles. The van der Waals surface area contributed by atoms with Crippen LogP contribution in [0.5, 0.6) is 0 Å². The second-order valence-corrected chi connectivity index (χ2v) is 2.51. The van der Waals surface area contributed by atoms with Crippen molar-refractivity contribution in [1.82, 2.24) is 15.2 Å². The molecule has 0 aliphatic heterocycles. The second-order valence-electron chi connectivity index (χ2n) is 2.51. The maximum Gasteiger partial charge on any atom is 0.181 e. The molecule has 0 fully saturated rings. The highest BCUT2D eigenvalue weighted by molar-refractivity contribution is 5.86. The third-order valence-corrected chi connectivity index (χ3v) is 1.70. The molecule has 0 radical (unpaired) electrons. The Kier molecular flexibility index (Phi) is 1.88. The molecule has 0 aliphatic rings. The molecule has 0 aromatic carbocycles. The number of nitrogens with zero attached hydrogens (tertiary/aromatic N) is 2. The van der Waals surface area contributed by atoms with Crippen LogP contribution >= 0.6 is 0 Å². The number of allylic oxidation sites excluding steroid dienone is 1. The Bertz CT molecular complexity index is 459. The van der Waals surface area contributed by atoms with Crippen LogP contribution in [0.4, 0.5) is 0 Å². The minimum Gasteiger partial charge on any atom is -0.299 e. The Hall–Kier alpha value is -1.97. The van der Waals surface area contributed by atoms with Crippen molar-refractivity contribution in [1.29, 1.82) is 0 Å². The zero-order chi connectivity index (χ0) is 9.10. The Morgan fingerprint density at radius 3 is 3.23 bits per heavy atom. The highest BCUT2D eigenvalue weighted by Gasteiger charge is 2.00. The van der Waals surface area contributed by atoms with E-state index in [1.54, 1.807) is 12.3 Å². The van der Waals surface area contributed by atoms with Gasteiger partial charge in [-0.1, -0.05) is 0 Å². The number of carbonyl (C=O) groups is 1. The van der Waals surface area contributed by atoms with Gasteiger partial charge in [0.25, 0.3) is 0 Å². The molecular weight excluding hydrogens is 166 g/mol. The number of carbonyl (C=O) groups excluding carboxylic acids is 1. The molecule has 2 aromatic rings. The largest absolute Gasteiger partial charge is 0.299 e. The van der Waals surface area contributed by atoms with Crippen LogP contribution in [-0.4, -0.2) is 21.5 Å². The van der Waals surface area contributed by atoms with Crippen LogP contribution in [0.1, 0.15) is 5.69 Å². The van der Waals surface area contributed by atoms with Gasteiger partial charge in [0.05, 0.1) is 5.69 Å². The second kappa shape index (κ2) is 3.18. The smallest absolute Gasteiger partial charge is 0.181 e. The van der Waals surface area contributed by atoms with E-state index in [0.717, 1.165) is 17.4 Å². The lowest BCUT2D eigenvalue weighted by Crippen LogP contribution is -1.73. The van der Waals surface area contributed by atoms with Gasteiger partial charge < -0.3 is 0 Å². The number of aromatic nitrogens is 3. The zero-order valence-electron chi connectivity index (χ0n) is 6.77. The number of fused-ring (bicyclic) bond motifs is 1. The number of hydrogen-bond donors (Lipinski definition) is 1. The van der Waals surface area contributed by atoms with Gasteiger partial charge in [0.15, 0.2) is 5.65 Å². The van der Waals surface area contributed by atoms with Crippen LogP contribution < -0.4 is 0 Å². The SMILES string of the molecule is O=CC=Cc1[nH]nc2ncccc12. The quantitative estimate of drug-likeness (QED) is 0.547. The number of H-pyrrole nitrogens is 1. The minimum absolute atomic E-state index is 0.660. The normalized spacial score (nSPS) is 11.1. The summed E-state index contributed by atoms with van der Waals surface area (Å²) in [7, 11) is 0. The van der Waals surface area contributed by atoms with Crippen molar-refractivity contribution in [2.45, 2.75) is 0 Å². The van der Waals surface area contributed by atoms with Gasteiger partial charge in [-0.3, -0.25) is 9.89 Å². The lowest BCUT2D eigenvalue weighted by molar-refractivity contribution is -0.104. The van der Waals surface area contributed by atoms with Crippen LogP contribution in [0.25, 0.3) is 17.1 Å². The highest BCUT2D eigenvalue weighted by atomic mass is 16.1. The summed E-state index contributed by atoms with van der Waals surface area (Å²) in [5.74, 6) is 0. The van der Waals surface area contributed by atoms with Gasteiger partial charge in [-0.15, -0.1) is 0 Å². The van der Waals surface area contributed by atoms with Crippen LogP contribution in [0.15, 0.2) is 24.4 Å². The van der Waals surface area contributed by atoms with E-state index >= 15 is 0 Å². The lowest BCUT2D eigenvalue weighted by Gasteiger charge is -1.86. The van der Waals surface area contributed by atoms with Gasteiger partial charge in [-0.2, -0.15) is 5.10 Å². The van der Waals surface area contributed by atoms with Crippen molar-refractivity contribution in [3.05, 3.63) is 30.1 Å². The molecule has 2 heterocycles. The number of aldehydes is 1. The van der Waals surface area contributed by atoms with Gasteiger partial charge in [0.1, 0.15) is 6.29 Å². The Morgan fingerprint density at radius 1 is 1.46 bits per heavy atom. The fourth-order valence-electron chi connectivity index (χ4n) is 1.13. The zero-order valence-corrected chi connectivity index (χ0v) is 6.77. The predicted molar refractivity (Wildman–Crippen MR) is 49.0 cm³/mol. The number of aromatic amines is 1. The summed E-state index contributed by atoms with van der Waals surface area (Å²) in [4.78, 5) is 14.1. The molecule has 2 rings (SSSR count). The Labute approximate surface area is 74.3 Å². The first-order chi connectivity index (χ1) is 6.42. The van der Waals surface area contributed by atoms with E-state index < -0.39 is 0 Å². The topological polar surface area (TPSA) is 58.6 Å². The number of nitrogens with one attached hydrogen (secondary N) is 1. The number of pyridine rings is 1. The van der Waals surface area contributed by atoms with Crippen molar-refractivity contribution in [3.8, 4) is 0 Å². The third-order valence-electron chi connectivity index (χ3n) is 1.70. The Balaban J connectivity index is 2.57. The minimum atomic E-state index is 0.660. The molecule has 64 valence electrons. The van der Waals surface area contributed by atoms with Gasteiger partial charge in [-0.25, -0.2) is 4.98 Å². The molecule has 1 N–H and O–H groups in total. The molecule has 0 amide bonds. The van der Waals surface area contributed by atoms with E-state index in [0.29, 0.717) is 5.65 Å². The summed E-state index contributed by atoms with van der Waals surface area (Å²) >= 11 is 0. The van der Waals surface area contributed by atoms with Crippen LogP contribution in [0, 0.1) is 0 Å². The molecule has 0 atom stereocenters. The lowest BCUT2D eigenvalue weighted by atomic mass is 10.2. The van der Waals surface area contributed by atoms with Crippen molar-refractivity contribution in [2.24, 2.45) is 0 Å². The maximum absolute atomic E-state index is 10.1. The summed E-state index contributed by atoms with van der Waals surface area (Å²) in [6.45, 7) is 0. The standard InChI is InChI=1S/C9H7N3O/c13-6-2-4-8-7-3-1-5-10-9(7)12-11-8/h1-6H,(H,10,11,12). The van der Waals surface area contributed by atoms with Crippen molar-refractivity contribution < 1.29 is 4.79 Å². The highest BCUT2D eigenvalue weighted by Crippen LogP contribution is 2.13. The first-order valence-electron chi connectivity index (χ1n) is 3.83. The monoisotopic (exact) mass is 173 g/mol. The summed E-state index contributed by atoms with van der Waals surface area (Å²) in [6, 6.07) is 3.73. The van der Waals surface area contributed by atoms with Gasteiger partial charge in [-0.05, 0) is 24.3 Å². The molecule has 0 spiro atoms. The third kappa shape index (κ3) is 1.33. The Morgan fingerprint density at radius 2 is 2.38 bits per heavy atom. The summed E-state index contributed by atoms with van der Waals surface area (Å²) < 4.78 is 0. The summed E-state index contributed by atoms with van der Waals surface area (Å²) in [5.41, 5.74) is 1.46. The van der Waals surface area contributed by atoms with E-state index in [-0.39, 0.29) is 0 Å². The summed E-state index contributed by atoms with van der Waals surface area (Å²) in [5, 5.41) is 7.68. The van der Waals surface area contributed by atoms with Crippen molar-refractivity contribution in [2.75, 3.05) is 0 Å². The molecule has 0 bridgehead atoms. The van der Waals surface area contributed by atoms with Gasteiger partial charge in [0.2, 0.25) is 0 Å². The van der Waals surface area contributed by atoms with E-state index in [4.69, 9.17) is 0 Å². The predicted octanol–water partition coefficient (Wildman–Crippen LogP) is 1.17. The van der Waals surface area contributed by atoms with Crippen LogP contribution in [0.3, 0.4) is 0 Å². The van der Waals surface area contributed by atoms with Crippen molar-refractivity contribution >= 4 is 23.4 Å². The fraction of sp³-hybridized carbons (Fsp3) is 0. The first kappa shape index (κ1) is 7.67. The average molecular weight is 173 g/mol. The molecule has 2 aromatic heterocycles. The molecule has 4 heteroatoms. The van der Waals surface area contributed by atoms with Crippen LogP contribution in [0.2, 0.25) is 0 Å². The molecule has 0 unspecified atom stereocenters. The first-order valence-corrected chi connectivity index (χ1v) is 3.83. The van der Waals surface area contributed by atoms with Gasteiger partial charge in [0, 0.05) is 11.6 Å². The molecule has 4 nitrogen and oxygen atoms in total. The van der Waals surface area contributed by atoms with Crippen molar-refractivity contribution in [3.63, 3.8) is 0 Å². The number of rotatable bonds is 2.